The van der Waals surface area contributed by atoms with Gasteiger partial charge in [-0.2, -0.15) is 0 Å². The predicted octanol–water partition coefficient (Wildman–Crippen LogP) is 5.05. The zero-order valence-corrected chi connectivity index (χ0v) is 14.0. The molecule has 2 nitrogen and oxygen atoms in total. The van der Waals surface area contributed by atoms with Crippen LogP contribution >= 0.6 is 0 Å². The molecule has 1 fully saturated rings. The average molecular weight is 292 g/mol. The monoisotopic (exact) mass is 292 g/mol. The molecule has 1 saturated carbocycles. The number of hydrogen-bond donors (Lipinski definition) is 1. The molecule has 0 aliphatic heterocycles. The van der Waals surface area contributed by atoms with E-state index in [1.54, 1.807) is 6.07 Å². The fourth-order valence-corrected chi connectivity index (χ4v) is 3.22. The van der Waals surface area contributed by atoms with Gasteiger partial charge in [0.15, 0.2) is 0 Å². The van der Waals surface area contributed by atoms with E-state index < -0.39 is 0 Å². The average Bonchev–Trinajstić information content (AvgIpc) is 2.36. The number of hydrogen-bond acceptors (Lipinski definition) is 2. The van der Waals surface area contributed by atoms with Crippen LogP contribution in [0.3, 0.4) is 0 Å². The third-order valence-corrected chi connectivity index (χ3v) is 4.68. The van der Waals surface area contributed by atoms with Gasteiger partial charge in [0.2, 0.25) is 0 Å². The smallest absolute Gasteiger partial charge is 0.148 e. The number of nitrogens with one attached hydrogen (secondary N) is 1. The van der Waals surface area contributed by atoms with E-state index in [0.29, 0.717) is 17.1 Å². The van der Waals surface area contributed by atoms with Crippen molar-refractivity contribution in [3.05, 3.63) is 24.0 Å². The van der Waals surface area contributed by atoms with Crippen LogP contribution in [0.2, 0.25) is 0 Å². The molecule has 0 heterocycles. The van der Waals surface area contributed by atoms with Crippen molar-refractivity contribution >= 4 is 11.4 Å². The Labute approximate surface area is 128 Å². The van der Waals surface area contributed by atoms with Crippen LogP contribution in [0.4, 0.5) is 15.8 Å². The maximum atomic E-state index is 14.3. The molecule has 1 atom stereocenters. The molecular weight excluding hydrogens is 263 g/mol. The molecule has 3 heteroatoms. The van der Waals surface area contributed by atoms with E-state index >= 15 is 0 Å². The topological polar surface area (TPSA) is 15.3 Å². The molecule has 1 aromatic rings. The summed E-state index contributed by atoms with van der Waals surface area (Å²) in [4.78, 5) is 1.96. The lowest BCUT2D eigenvalue weighted by Crippen LogP contribution is -2.31. The van der Waals surface area contributed by atoms with Crippen molar-refractivity contribution in [2.24, 2.45) is 5.41 Å². The van der Waals surface area contributed by atoms with E-state index in [4.69, 9.17) is 0 Å². The zero-order chi connectivity index (χ0) is 15.6. The SMILES string of the molecule is CC(C)N(C)c1ccc(NC2CCCC(C)(C)C2)cc1F. The van der Waals surface area contributed by atoms with Gasteiger partial charge in [-0.05, 0) is 56.7 Å². The van der Waals surface area contributed by atoms with Crippen LogP contribution < -0.4 is 10.2 Å². The molecule has 1 aliphatic carbocycles. The highest BCUT2D eigenvalue weighted by Crippen LogP contribution is 2.36. The standard InChI is InChI=1S/C18H29FN2/c1-13(2)21(5)17-9-8-14(11-16(17)19)20-15-7-6-10-18(3,4)12-15/h8-9,11,13,15,20H,6-7,10,12H2,1-5H3. The molecule has 0 aromatic heterocycles. The van der Waals surface area contributed by atoms with Crippen molar-refractivity contribution < 1.29 is 4.39 Å². The Morgan fingerprint density at radius 3 is 2.62 bits per heavy atom. The van der Waals surface area contributed by atoms with E-state index in [2.05, 4.69) is 33.0 Å². The van der Waals surface area contributed by atoms with E-state index in [1.807, 2.05) is 24.1 Å². The summed E-state index contributed by atoms with van der Waals surface area (Å²) in [7, 11) is 1.93. The number of anilines is 2. The first-order valence-electron chi connectivity index (χ1n) is 8.07. The Balaban J connectivity index is 2.07. The molecule has 2 rings (SSSR count). The summed E-state index contributed by atoms with van der Waals surface area (Å²) >= 11 is 0. The molecule has 0 radical (unpaired) electrons. The molecule has 118 valence electrons. The van der Waals surface area contributed by atoms with Crippen molar-refractivity contribution in [2.75, 3.05) is 17.3 Å². The minimum absolute atomic E-state index is 0.147. The largest absolute Gasteiger partial charge is 0.382 e. The van der Waals surface area contributed by atoms with E-state index in [1.165, 1.54) is 19.3 Å². The van der Waals surface area contributed by atoms with Crippen molar-refractivity contribution in [1.29, 1.82) is 0 Å². The van der Waals surface area contributed by atoms with Crippen LogP contribution in [0.25, 0.3) is 0 Å². The van der Waals surface area contributed by atoms with Crippen molar-refractivity contribution in [3.8, 4) is 0 Å². The first kappa shape index (κ1) is 16.1. The van der Waals surface area contributed by atoms with Gasteiger partial charge in [-0.1, -0.05) is 20.3 Å². The summed E-state index contributed by atoms with van der Waals surface area (Å²) in [5, 5.41) is 3.51. The van der Waals surface area contributed by atoms with Gasteiger partial charge in [0.25, 0.3) is 0 Å². The van der Waals surface area contributed by atoms with Gasteiger partial charge in [-0.15, -0.1) is 0 Å². The van der Waals surface area contributed by atoms with Crippen molar-refractivity contribution in [2.45, 2.75) is 65.5 Å². The van der Waals surface area contributed by atoms with Crippen LogP contribution in [-0.2, 0) is 0 Å². The highest BCUT2D eigenvalue weighted by Gasteiger charge is 2.27. The second kappa shape index (κ2) is 6.25. The zero-order valence-electron chi connectivity index (χ0n) is 14.0. The summed E-state index contributed by atoms with van der Waals surface area (Å²) in [6.07, 6.45) is 4.87. The van der Waals surface area contributed by atoms with Crippen LogP contribution in [0.15, 0.2) is 18.2 Å². The van der Waals surface area contributed by atoms with Gasteiger partial charge >= 0.3 is 0 Å². The van der Waals surface area contributed by atoms with Gasteiger partial charge in [0, 0.05) is 24.8 Å². The van der Waals surface area contributed by atoms with E-state index in [0.717, 1.165) is 12.1 Å². The quantitative estimate of drug-likeness (QED) is 0.835. The molecule has 1 aliphatic rings. The maximum absolute atomic E-state index is 14.3. The molecule has 0 spiro atoms. The Morgan fingerprint density at radius 2 is 2.05 bits per heavy atom. The molecule has 0 amide bonds. The summed E-state index contributed by atoms with van der Waals surface area (Å²) in [6, 6.07) is 6.26. The van der Waals surface area contributed by atoms with Crippen molar-refractivity contribution in [1.82, 2.24) is 0 Å². The molecule has 0 bridgehead atoms. The third kappa shape index (κ3) is 4.12. The van der Waals surface area contributed by atoms with Crippen LogP contribution in [0.5, 0.6) is 0 Å². The Kier molecular flexibility index (Phi) is 4.80. The van der Waals surface area contributed by atoms with Gasteiger partial charge in [0.1, 0.15) is 5.82 Å². The Hall–Kier alpha value is -1.25. The lowest BCUT2D eigenvalue weighted by molar-refractivity contribution is 0.229. The molecule has 1 aromatic carbocycles. The first-order chi connectivity index (χ1) is 9.78. The Morgan fingerprint density at radius 1 is 1.33 bits per heavy atom. The second-order valence-corrected chi connectivity index (χ2v) is 7.47. The van der Waals surface area contributed by atoms with E-state index in [-0.39, 0.29) is 11.9 Å². The lowest BCUT2D eigenvalue weighted by atomic mass is 9.75. The van der Waals surface area contributed by atoms with Gasteiger partial charge in [-0.3, -0.25) is 0 Å². The minimum atomic E-state index is -0.147. The summed E-state index contributed by atoms with van der Waals surface area (Å²) in [5.74, 6) is -0.147. The number of benzene rings is 1. The number of nitrogens with zero attached hydrogens (tertiary/aromatic N) is 1. The van der Waals surface area contributed by atoms with Crippen LogP contribution in [0.1, 0.15) is 53.4 Å². The van der Waals surface area contributed by atoms with Gasteiger partial charge in [-0.25, -0.2) is 4.39 Å². The molecular formula is C18H29FN2. The number of rotatable bonds is 4. The first-order valence-corrected chi connectivity index (χ1v) is 8.07. The van der Waals surface area contributed by atoms with Gasteiger partial charge < -0.3 is 10.2 Å². The molecule has 1 unspecified atom stereocenters. The third-order valence-electron chi connectivity index (χ3n) is 4.68. The minimum Gasteiger partial charge on any atom is -0.382 e. The second-order valence-electron chi connectivity index (χ2n) is 7.47. The highest BCUT2D eigenvalue weighted by atomic mass is 19.1. The maximum Gasteiger partial charge on any atom is 0.148 e. The van der Waals surface area contributed by atoms with Gasteiger partial charge in [0.05, 0.1) is 5.69 Å². The van der Waals surface area contributed by atoms with E-state index in [9.17, 15) is 4.39 Å². The predicted molar refractivity (Wildman–Crippen MR) is 89.6 cm³/mol. The fraction of sp³-hybridized carbons (Fsp3) is 0.667. The summed E-state index contributed by atoms with van der Waals surface area (Å²) < 4.78 is 14.3. The number of halogens is 1. The lowest BCUT2D eigenvalue weighted by Gasteiger charge is -2.36. The molecule has 21 heavy (non-hydrogen) atoms. The normalized spacial score (nSPS) is 21.4. The Bertz CT molecular complexity index is 482. The fourth-order valence-electron chi connectivity index (χ4n) is 3.22. The summed E-state index contributed by atoms with van der Waals surface area (Å²) in [6.45, 7) is 8.77. The molecule has 1 N–H and O–H groups in total. The van der Waals surface area contributed by atoms with Crippen molar-refractivity contribution in [3.63, 3.8) is 0 Å². The van der Waals surface area contributed by atoms with Crippen LogP contribution in [0, 0.1) is 11.2 Å². The highest BCUT2D eigenvalue weighted by molar-refractivity contribution is 5.56. The summed E-state index contributed by atoms with van der Waals surface area (Å²) in [5.41, 5.74) is 1.96. The van der Waals surface area contributed by atoms with Crippen LogP contribution in [-0.4, -0.2) is 19.1 Å². The molecule has 0 saturated heterocycles.